The number of ether oxygens (including phenoxy) is 3. The standard InChI is InChI=1S/C23H27N3O6S2/c1-30-17-8-7-16(15-18(17)31-2)22(27)26(10-9-25-11-13-32-14-12-25)23-24-21-19(33-23)5-4-6-20(21)34(3,28)29/h4-8,15H,9-14H2,1-3H3. The van der Waals surface area contributed by atoms with E-state index in [1.165, 1.54) is 31.6 Å². The third kappa shape index (κ3) is 5.17. The van der Waals surface area contributed by atoms with Crippen LogP contribution in [-0.2, 0) is 14.6 Å². The predicted molar refractivity (Wildman–Crippen MR) is 131 cm³/mol. The molecule has 1 aliphatic heterocycles. The first-order valence-electron chi connectivity index (χ1n) is 10.8. The first-order chi connectivity index (χ1) is 16.3. The Labute approximate surface area is 202 Å². The average molecular weight is 506 g/mol. The maximum absolute atomic E-state index is 13.7. The Balaban J connectivity index is 1.73. The highest BCUT2D eigenvalue weighted by molar-refractivity contribution is 7.91. The van der Waals surface area contributed by atoms with Gasteiger partial charge >= 0.3 is 0 Å². The van der Waals surface area contributed by atoms with Crippen molar-refractivity contribution in [2.75, 3.05) is 64.8 Å². The van der Waals surface area contributed by atoms with Gasteiger partial charge in [0.2, 0.25) is 0 Å². The minimum atomic E-state index is -3.47. The van der Waals surface area contributed by atoms with E-state index in [1.807, 2.05) is 6.07 Å². The molecule has 1 aliphatic rings. The van der Waals surface area contributed by atoms with Gasteiger partial charge in [0.05, 0.1) is 37.0 Å². The summed E-state index contributed by atoms with van der Waals surface area (Å²) in [5.74, 6) is 0.719. The molecular weight excluding hydrogens is 478 g/mol. The summed E-state index contributed by atoms with van der Waals surface area (Å²) < 4.78 is 41.4. The van der Waals surface area contributed by atoms with Gasteiger partial charge in [0, 0.05) is 38.0 Å². The molecular formula is C23H27N3O6S2. The van der Waals surface area contributed by atoms with E-state index in [4.69, 9.17) is 14.2 Å². The number of amides is 1. The number of methoxy groups -OCH3 is 2. The van der Waals surface area contributed by atoms with Crippen molar-refractivity contribution in [3.8, 4) is 11.5 Å². The second-order valence-electron chi connectivity index (χ2n) is 7.85. The topological polar surface area (TPSA) is 98.3 Å². The number of nitrogens with zero attached hydrogens (tertiary/aromatic N) is 3. The van der Waals surface area contributed by atoms with E-state index in [9.17, 15) is 13.2 Å². The van der Waals surface area contributed by atoms with Crippen molar-refractivity contribution in [2.45, 2.75) is 4.90 Å². The number of morpholine rings is 1. The van der Waals surface area contributed by atoms with E-state index >= 15 is 0 Å². The number of rotatable bonds is 8. The third-order valence-corrected chi connectivity index (χ3v) is 7.79. The first-order valence-corrected chi connectivity index (χ1v) is 13.5. The van der Waals surface area contributed by atoms with E-state index in [2.05, 4.69) is 9.88 Å². The molecule has 1 saturated heterocycles. The largest absolute Gasteiger partial charge is 0.493 e. The zero-order valence-electron chi connectivity index (χ0n) is 19.3. The molecule has 1 aromatic heterocycles. The van der Waals surface area contributed by atoms with Gasteiger partial charge in [-0.3, -0.25) is 14.6 Å². The Morgan fingerprint density at radius 1 is 1.15 bits per heavy atom. The van der Waals surface area contributed by atoms with E-state index in [0.29, 0.717) is 58.7 Å². The molecule has 182 valence electrons. The fourth-order valence-corrected chi connectivity index (χ4v) is 5.72. The lowest BCUT2D eigenvalue weighted by molar-refractivity contribution is 0.0391. The Bertz CT molecular complexity index is 1290. The van der Waals surface area contributed by atoms with Crippen LogP contribution in [0.4, 0.5) is 5.13 Å². The Hall–Kier alpha value is -2.73. The molecule has 0 saturated carbocycles. The number of aromatic nitrogens is 1. The van der Waals surface area contributed by atoms with Crippen molar-refractivity contribution in [3.63, 3.8) is 0 Å². The third-order valence-electron chi connectivity index (χ3n) is 5.62. The van der Waals surface area contributed by atoms with Crippen LogP contribution in [0, 0.1) is 0 Å². The van der Waals surface area contributed by atoms with Gasteiger partial charge in [0.1, 0.15) is 5.52 Å². The SMILES string of the molecule is COc1ccc(C(=O)N(CCN2CCOCC2)c2nc3c(S(C)(=O)=O)cccc3s2)cc1OC. The summed E-state index contributed by atoms with van der Waals surface area (Å²) >= 11 is 1.29. The monoisotopic (exact) mass is 505 g/mol. The zero-order valence-corrected chi connectivity index (χ0v) is 20.9. The van der Waals surface area contributed by atoms with Gasteiger partial charge in [-0.2, -0.15) is 0 Å². The predicted octanol–water partition coefficient (Wildman–Crippen LogP) is 2.70. The van der Waals surface area contributed by atoms with Crippen molar-refractivity contribution in [2.24, 2.45) is 0 Å². The number of para-hydroxylation sites is 1. The summed E-state index contributed by atoms with van der Waals surface area (Å²) in [5.41, 5.74) is 0.795. The number of carbonyl (C=O) groups excluding carboxylic acids is 1. The smallest absolute Gasteiger partial charge is 0.260 e. The molecule has 4 rings (SSSR count). The van der Waals surface area contributed by atoms with Crippen LogP contribution >= 0.6 is 11.3 Å². The lowest BCUT2D eigenvalue weighted by Crippen LogP contribution is -2.43. The van der Waals surface area contributed by atoms with Crippen molar-refractivity contribution in [1.29, 1.82) is 0 Å². The number of fused-ring (bicyclic) bond motifs is 1. The summed E-state index contributed by atoms with van der Waals surface area (Å²) in [6.45, 7) is 3.91. The van der Waals surface area contributed by atoms with Gasteiger partial charge < -0.3 is 14.2 Å². The van der Waals surface area contributed by atoms with Crippen LogP contribution in [0.5, 0.6) is 11.5 Å². The fourth-order valence-electron chi connectivity index (χ4n) is 3.80. The summed E-state index contributed by atoms with van der Waals surface area (Å²) in [5, 5.41) is 0.444. The minimum Gasteiger partial charge on any atom is -0.493 e. The number of thiazole rings is 1. The molecule has 0 aliphatic carbocycles. The van der Waals surface area contributed by atoms with Gasteiger partial charge in [-0.1, -0.05) is 17.4 Å². The zero-order chi connectivity index (χ0) is 24.3. The van der Waals surface area contributed by atoms with E-state index in [-0.39, 0.29) is 10.8 Å². The highest BCUT2D eigenvalue weighted by atomic mass is 32.2. The molecule has 3 aromatic rings. The van der Waals surface area contributed by atoms with Crippen LogP contribution in [0.15, 0.2) is 41.3 Å². The van der Waals surface area contributed by atoms with Crippen molar-refractivity contribution >= 4 is 42.4 Å². The summed E-state index contributed by atoms with van der Waals surface area (Å²) in [4.78, 5) is 22.3. The number of carbonyl (C=O) groups is 1. The van der Waals surface area contributed by atoms with Crippen molar-refractivity contribution < 1.29 is 27.4 Å². The molecule has 9 nitrogen and oxygen atoms in total. The van der Waals surface area contributed by atoms with Gasteiger partial charge in [-0.15, -0.1) is 0 Å². The second-order valence-corrected chi connectivity index (χ2v) is 10.8. The van der Waals surface area contributed by atoms with Crippen LogP contribution in [-0.4, -0.2) is 84.1 Å². The van der Waals surface area contributed by atoms with Crippen LogP contribution in [0.2, 0.25) is 0 Å². The van der Waals surface area contributed by atoms with Gasteiger partial charge in [-0.25, -0.2) is 13.4 Å². The van der Waals surface area contributed by atoms with Crippen LogP contribution in [0.1, 0.15) is 10.4 Å². The molecule has 11 heteroatoms. The Morgan fingerprint density at radius 3 is 2.56 bits per heavy atom. The van der Waals surface area contributed by atoms with Crippen molar-refractivity contribution in [3.05, 3.63) is 42.0 Å². The average Bonchev–Trinajstić information content (AvgIpc) is 3.27. The molecule has 1 fully saturated rings. The highest BCUT2D eigenvalue weighted by Gasteiger charge is 2.25. The summed E-state index contributed by atoms with van der Waals surface area (Å²) in [6, 6.07) is 10.0. The first kappa shape index (κ1) is 24.4. The van der Waals surface area contributed by atoms with Crippen LogP contribution < -0.4 is 14.4 Å². The molecule has 0 spiro atoms. The molecule has 2 heterocycles. The molecule has 0 atom stereocenters. The van der Waals surface area contributed by atoms with E-state index < -0.39 is 9.84 Å². The highest BCUT2D eigenvalue weighted by Crippen LogP contribution is 2.34. The van der Waals surface area contributed by atoms with E-state index in [0.717, 1.165) is 19.3 Å². The molecule has 0 unspecified atom stereocenters. The molecule has 0 bridgehead atoms. The number of hydrogen-bond acceptors (Lipinski definition) is 9. The number of benzene rings is 2. The maximum Gasteiger partial charge on any atom is 0.260 e. The molecule has 2 aromatic carbocycles. The Morgan fingerprint density at radius 2 is 1.88 bits per heavy atom. The summed E-state index contributed by atoms with van der Waals surface area (Å²) in [6.07, 6.45) is 1.16. The normalized spacial score (nSPS) is 14.8. The van der Waals surface area contributed by atoms with Crippen molar-refractivity contribution in [1.82, 2.24) is 9.88 Å². The number of hydrogen-bond donors (Lipinski definition) is 0. The quantitative estimate of drug-likeness (QED) is 0.461. The lowest BCUT2D eigenvalue weighted by Gasteiger charge is -2.29. The molecule has 0 N–H and O–H groups in total. The van der Waals surface area contributed by atoms with E-state index in [1.54, 1.807) is 29.2 Å². The number of sulfone groups is 1. The second kappa shape index (κ2) is 10.3. The lowest BCUT2D eigenvalue weighted by atomic mass is 10.1. The Kier molecular flexibility index (Phi) is 7.36. The number of anilines is 1. The van der Waals surface area contributed by atoms with Crippen LogP contribution in [0.25, 0.3) is 10.2 Å². The molecule has 1 amide bonds. The molecule has 0 radical (unpaired) electrons. The van der Waals surface area contributed by atoms with Gasteiger partial charge in [0.25, 0.3) is 5.91 Å². The molecule has 34 heavy (non-hydrogen) atoms. The van der Waals surface area contributed by atoms with Gasteiger partial charge in [-0.05, 0) is 30.3 Å². The summed E-state index contributed by atoms with van der Waals surface area (Å²) in [7, 11) is -0.420. The van der Waals surface area contributed by atoms with Gasteiger partial charge in [0.15, 0.2) is 26.5 Å². The van der Waals surface area contributed by atoms with Crippen LogP contribution in [0.3, 0.4) is 0 Å². The minimum absolute atomic E-state index is 0.152. The maximum atomic E-state index is 13.7. The fraction of sp³-hybridized carbons (Fsp3) is 0.391.